The van der Waals surface area contributed by atoms with E-state index in [2.05, 4.69) is 15.0 Å². The number of carbonyl (C=O) groups is 1. The summed E-state index contributed by atoms with van der Waals surface area (Å²) in [5.74, 6) is -0.264. The number of anilines is 2. The Balaban J connectivity index is 2.23. The number of benzene rings is 1. The van der Waals surface area contributed by atoms with E-state index in [9.17, 15) is 9.90 Å². The van der Waals surface area contributed by atoms with Gasteiger partial charge in [-0.1, -0.05) is 19.9 Å². The molecule has 0 bridgehead atoms. The van der Waals surface area contributed by atoms with Gasteiger partial charge in [-0.3, -0.25) is 5.32 Å². The molecule has 0 unspecified atom stereocenters. The Kier molecular flexibility index (Phi) is 7.03. The average molecular weight is 449 g/mol. The quantitative estimate of drug-likeness (QED) is 0.358. The lowest BCUT2D eigenvalue weighted by Gasteiger charge is -2.17. The van der Waals surface area contributed by atoms with Crippen molar-refractivity contribution < 1.29 is 15.2 Å². The Labute approximate surface area is 193 Å². The summed E-state index contributed by atoms with van der Waals surface area (Å²) in [7, 11) is 7.60. The van der Waals surface area contributed by atoms with Crippen LogP contribution >= 0.6 is 0 Å². The van der Waals surface area contributed by atoms with Crippen LogP contribution in [0, 0.1) is 11.3 Å². The Morgan fingerprint density at radius 1 is 1.06 bits per heavy atom. The van der Waals surface area contributed by atoms with E-state index < -0.39 is 5.97 Å². The lowest BCUT2D eigenvalue weighted by Crippen LogP contribution is -2.72. The molecule has 0 amide bonds. The number of carboxylic acids is 1. The number of hydrogen-bond acceptors (Lipinski definition) is 7. The first kappa shape index (κ1) is 23.8. The van der Waals surface area contributed by atoms with Gasteiger partial charge in [0.1, 0.15) is 5.69 Å². The molecule has 2 aromatic heterocycles. The molecule has 3 aromatic rings. The molecule has 9 heteroatoms. The molecule has 0 atom stereocenters. The molecule has 0 spiro atoms. The highest BCUT2D eigenvalue weighted by atomic mass is 16.4. The molecule has 0 saturated heterocycles. The second-order valence-electron chi connectivity index (χ2n) is 8.49. The van der Waals surface area contributed by atoms with Gasteiger partial charge < -0.3 is 20.3 Å². The van der Waals surface area contributed by atoms with Crippen LogP contribution in [-0.2, 0) is 0 Å². The first-order valence-corrected chi connectivity index (χ1v) is 10.6. The first-order chi connectivity index (χ1) is 15.6. The van der Waals surface area contributed by atoms with Gasteiger partial charge in [0.2, 0.25) is 11.8 Å². The van der Waals surface area contributed by atoms with E-state index in [0.29, 0.717) is 34.2 Å². The topological polar surface area (TPSA) is 123 Å². The average Bonchev–Trinajstić information content (AvgIpc) is 2.78. The number of pyridine rings is 1. The summed E-state index contributed by atoms with van der Waals surface area (Å²) in [6.45, 7) is 3.86. The summed E-state index contributed by atoms with van der Waals surface area (Å²) in [6.07, 6.45) is 3.30. The van der Waals surface area contributed by atoms with Crippen molar-refractivity contribution in [3.8, 4) is 11.1 Å². The monoisotopic (exact) mass is 448 g/mol. The fourth-order valence-corrected chi connectivity index (χ4v) is 3.32. The van der Waals surface area contributed by atoms with Gasteiger partial charge >= 0.3 is 5.97 Å². The van der Waals surface area contributed by atoms with Crippen LogP contribution in [0.3, 0.4) is 0 Å². The highest BCUT2D eigenvalue weighted by molar-refractivity contribution is 6.08. The second-order valence-corrected chi connectivity index (χ2v) is 8.49. The van der Waals surface area contributed by atoms with E-state index in [4.69, 9.17) is 5.41 Å². The van der Waals surface area contributed by atoms with Gasteiger partial charge in [-0.15, -0.1) is 0 Å². The number of carboxylic acid groups (broad SMARTS) is 1. The van der Waals surface area contributed by atoms with Gasteiger partial charge in [-0.25, -0.2) is 14.8 Å². The molecule has 0 aliphatic rings. The minimum absolute atomic E-state index is 0.0940. The largest absolute Gasteiger partial charge is 0.477 e. The van der Waals surface area contributed by atoms with Crippen molar-refractivity contribution in [1.29, 1.82) is 5.41 Å². The van der Waals surface area contributed by atoms with Crippen LogP contribution < -0.4 is 15.1 Å². The molecule has 0 aliphatic carbocycles. The van der Waals surface area contributed by atoms with Gasteiger partial charge in [0.15, 0.2) is 5.69 Å². The lowest BCUT2D eigenvalue weighted by molar-refractivity contribution is -0.483. The maximum Gasteiger partial charge on any atom is 0.354 e. The molecular formula is C24H30N7O2+. The van der Waals surface area contributed by atoms with Crippen molar-refractivity contribution in [2.24, 2.45) is 5.92 Å². The number of nitrogens with two attached hydrogens (primary N) is 1. The molecule has 33 heavy (non-hydrogen) atoms. The van der Waals surface area contributed by atoms with E-state index in [1.807, 2.05) is 76.5 Å². The number of aromatic carboxylic acids is 1. The van der Waals surface area contributed by atoms with Gasteiger partial charge in [0.05, 0.1) is 5.56 Å². The second kappa shape index (κ2) is 9.74. The van der Waals surface area contributed by atoms with Crippen molar-refractivity contribution >= 4 is 34.8 Å². The summed E-state index contributed by atoms with van der Waals surface area (Å²) in [6, 6.07) is 9.34. The van der Waals surface area contributed by atoms with Gasteiger partial charge in [0.25, 0.3) is 0 Å². The fourth-order valence-electron chi connectivity index (χ4n) is 3.32. The zero-order valence-electron chi connectivity index (χ0n) is 19.8. The fraction of sp³-hybridized carbons (Fsp3) is 0.292. The maximum absolute atomic E-state index is 11.9. The minimum atomic E-state index is -1.14. The molecule has 3 rings (SSSR count). The van der Waals surface area contributed by atoms with E-state index in [1.165, 1.54) is 6.07 Å². The van der Waals surface area contributed by atoms with Crippen molar-refractivity contribution in [3.63, 3.8) is 0 Å². The predicted molar refractivity (Wildman–Crippen MR) is 130 cm³/mol. The van der Waals surface area contributed by atoms with Crippen LogP contribution in [0.4, 0.5) is 23.1 Å². The van der Waals surface area contributed by atoms with Gasteiger partial charge in [-0.2, -0.15) is 4.98 Å². The summed E-state index contributed by atoms with van der Waals surface area (Å²) in [4.78, 5) is 28.9. The highest BCUT2D eigenvalue weighted by Crippen LogP contribution is 2.30. The highest BCUT2D eigenvalue weighted by Gasteiger charge is 2.25. The third-order valence-electron chi connectivity index (χ3n) is 5.15. The normalized spacial score (nSPS) is 10.9. The number of rotatable bonds is 8. The third kappa shape index (κ3) is 5.32. The Hall–Kier alpha value is -3.85. The van der Waals surface area contributed by atoms with Crippen LogP contribution in [0.15, 0.2) is 42.7 Å². The molecular weight excluding hydrogens is 418 g/mol. The Morgan fingerprint density at radius 3 is 2.27 bits per heavy atom. The zero-order valence-corrected chi connectivity index (χ0v) is 19.8. The van der Waals surface area contributed by atoms with Gasteiger partial charge in [0, 0.05) is 69.2 Å². The van der Waals surface area contributed by atoms with E-state index >= 15 is 0 Å². The number of hydrogen-bond donors (Lipinski definition) is 3. The minimum Gasteiger partial charge on any atom is -0.477 e. The molecule has 0 saturated carbocycles. The van der Waals surface area contributed by atoms with Crippen LogP contribution in [0.5, 0.6) is 0 Å². The van der Waals surface area contributed by atoms with Crippen LogP contribution in [-0.4, -0.2) is 59.9 Å². The lowest BCUT2D eigenvalue weighted by atomic mass is 9.92. The van der Waals surface area contributed by atoms with E-state index in [0.717, 1.165) is 11.4 Å². The van der Waals surface area contributed by atoms with Gasteiger partial charge in [-0.05, 0) is 24.1 Å². The maximum atomic E-state index is 11.9. The number of nitrogens with one attached hydrogen (secondary N) is 1. The van der Waals surface area contributed by atoms with Crippen LogP contribution in [0.2, 0.25) is 0 Å². The summed E-state index contributed by atoms with van der Waals surface area (Å²) in [5, 5.41) is 20.4. The van der Waals surface area contributed by atoms with Crippen molar-refractivity contribution in [2.45, 2.75) is 13.8 Å². The Bertz CT molecular complexity index is 1170. The van der Waals surface area contributed by atoms with Crippen LogP contribution in [0.25, 0.3) is 11.1 Å². The zero-order chi connectivity index (χ0) is 24.3. The van der Waals surface area contributed by atoms with Crippen molar-refractivity contribution in [2.75, 3.05) is 38.0 Å². The molecule has 1 aromatic carbocycles. The predicted octanol–water partition coefficient (Wildman–Crippen LogP) is 2.92. The first-order valence-electron chi connectivity index (χ1n) is 10.6. The summed E-state index contributed by atoms with van der Waals surface area (Å²) in [5.41, 5.74) is 3.90. The Morgan fingerprint density at radius 2 is 1.73 bits per heavy atom. The molecule has 9 nitrogen and oxygen atoms in total. The molecule has 0 fully saturated rings. The van der Waals surface area contributed by atoms with Crippen molar-refractivity contribution in [3.05, 3.63) is 54.0 Å². The summed E-state index contributed by atoms with van der Waals surface area (Å²) < 4.78 is 0. The summed E-state index contributed by atoms with van der Waals surface area (Å²) >= 11 is 0. The molecule has 172 valence electrons. The van der Waals surface area contributed by atoms with E-state index in [1.54, 1.807) is 17.3 Å². The number of aromatic nitrogens is 3. The molecule has 2 heterocycles. The number of nitrogens with zero attached hydrogens (tertiary/aromatic N) is 5. The number of quaternary nitrogens is 1. The molecule has 0 aliphatic heterocycles. The third-order valence-corrected chi connectivity index (χ3v) is 5.15. The SMILES string of the molecule is CC(C)C(=N)c1c(-c2cnc(N(C)C)nc2)cc(C(=O)O)nc1[NH2+]c1cccc(N(C)C)c1. The van der Waals surface area contributed by atoms with Crippen molar-refractivity contribution in [1.82, 2.24) is 15.0 Å². The van der Waals surface area contributed by atoms with Crippen LogP contribution in [0.1, 0.15) is 29.9 Å². The van der Waals surface area contributed by atoms with E-state index in [-0.39, 0.29) is 11.6 Å². The smallest absolute Gasteiger partial charge is 0.354 e. The molecule has 4 N–H and O–H groups in total. The standard InChI is InChI=1S/C24H29N7O2/c1-14(2)21(25)20-18(15-12-26-24(27-13-15)31(5)6)11-19(23(32)33)29-22(20)28-16-8-7-9-17(10-16)30(3)4/h7-14,25H,1-6H3,(H,28,29)(H,32,33)/p+1. The molecule has 0 radical (unpaired) electrons.